The van der Waals surface area contributed by atoms with Crippen LogP contribution < -0.4 is 5.32 Å². The van der Waals surface area contributed by atoms with Crippen LogP contribution in [0.2, 0.25) is 0 Å². The van der Waals surface area contributed by atoms with Crippen molar-refractivity contribution >= 4 is 5.97 Å². The topological polar surface area (TPSA) is 38.3 Å². The van der Waals surface area contributed by atoms with Crippen LogP contribution in [-0.2, 0) is 9.53 Å². The van der Waals surface area contributed by atoms with Crippen molar-refractivity contribution in [3.8, 4) is 0 Å². The fraction of sp³-hybridized carbons (Fsp3) is 0.923. The molecule has 0 bridgehead atoms. The van der Waals surface area contributed by atoms with Crippen LogP contribution in [0.1, 0.15) is 51.9 Å². The van der Waals surface area contributed by atoms with E-state index >= 15 is 0 Å². The summed E-state index contributed by atoms with van der Waals surface area (Å²) in [5, 5.41) is 3.37. The zero-order chi connectivity index (χ0) is 11.6. The SMILES string of the molecule is CCCCCOC(=O)CCC1CCCNC1. The fourth-order valence-corrected chi connectivity index (χ4v) is 2.10. The van der Waals surface area contributed by atoms with Crippen molar-refractivity contribution < 1.29 is 9.53 Å². The van der Waals surface area contributed by atoms with Crippen molar-refractivity contribution in [1.82, 2.24) is 5.32 Å². The van der Waals surface area contributed by atoms with Crippen LogP contribution in [0.4, 0.5) is 0 Å². The number of esters is 1. The lowest BCUT2D eigenvalue weighted by Gasteiger charge is -2.22. The molecule has 0 aliphatic carbocycles. The van der Waals surface area contributed by atoms with Gasteiger partial charge in [0.15, 0.2) is 0 Å². The molecule has 1 atom stereocenters. The predicted octanol–water partition coefficient (Wildman–Crippen LogP) is 2.50. The zero-order valence-electron chi connectivity index (χ0n) is 10.5. The average Bonchev–Trinajstić information content (AvgIpc) is 2.33. The molecular formula is C13H25NO2. The number of piperidine rings is 1. The molecule has 0 aromatic heterocycles. The summed E-state index contributed by atoms with van der Waals surface area (Å²) in [7, 11) is 0. The zero-order valence-corrected chi connectivity index (χ0v) is 10.5. The van der Waals surface area contributed by atoms with Gasteiger partial charge in [0.25, 0.3) is 0 Å². The van der Waals surface area contributed by atoms with Crippen molar-refractivity contribution in [2.75, 3.05) is 19.7 Å². The number of nitrogens with one attached hydrogen (secondary N) is 1. The summed E-state index contributed by atoms with van der Waals surface area (Å²) in [4.78, 5) is 11.4. The molecule has 1 N–H and O–H groups in total. The second kappa shape index (κ2) is 8.57. The third-order valence-corrected chi connectivity index (χ3v) is 3.17. The highest BCUT2D eigenvalue weighted by Crippen LogP contribution is 2.16. The van der Waals surface area contributed by atoms with E-state index in [1.54, 1.807) is 0 Å². The highest BCUT2D eigenvalue weighted by molar-refractivity contribution is 5.69. The number of rotatable bonds is 7. The molecular weight excluding hydrogens is 202 g/mol. The first-order valence-corrected chi connectivity index (χ1v) is 6.69. The second-order valence-corrected chi connectivity index (χ2v) is 4.68. The molecule has 16 heavy (non-hydrogen) atoms. The number of carbonyl (C=O) groups excluding carboxylic acids is 1. The van der Waals surface area contributed by atoms with Gasteiger partial charge in [0, 0.05) is 6.42 Å². The lowest BCUT2D eigenvalue weighted by molar-refractivity contribution is -0.144. The van der Waals surface area contributed by atoms with Gasteiger partial charge in [-0.15, -0.1) is 0 Å². The minimum Gasteiger partial charge on any atom is -0.466 e. The normalized spacial score (nSPS) is 20.7. The van der Waals surface area contributed by atoms with Gasteiger partial charge in [-0.2, -0.15) is 0 Å². The summed E-state index contributed by atoms with van der Waals surface area (Å²) in [5.74, 6) is 0.665. The summed E-state index contributed by atoms with van der Waals surface area (Å²) < 4.78 is 5.18. The van der Waals surface area contributed by atoms with E-state index in [0.717, 1.165) is 32.4 Å². The van der Waals surface area contributed by atoms with Crippen molar-refractivity contribution in [3.05, 3.63) is 0 Å². The molecule has 1 heterocycles. The van der Waals surface area contributed by atoms with Crippen molar-refractivity contribution in [1.29, 1.82) is 0 Å². The molecule has 0 radical (unpaired) electrons. The van der Waals surface area contributed by atoms with Crippen molar-refractivity contribution in [2.45, 2.75) is 51.9 Å². The second-order valence-electron chi connectivity index (χ2n) is 4.68. The van der Waals surface area contributed by atoms with E-state index in [9.17, 15) is 4.79 Å². The largest absolute Gasteiger partial charge is 0.466 e. The molecule has 1 saturated heterocycles. The quantitative estimate of drug-likeness (QED) is 0.536. The van der Waals surface area contributed by atoms with Gasteiger partial charge in [-0.3, -0.25) is 4.79 Å². The van der Waals surface area contributed by atoms with Gasteiger partial charge in [0.2, 0.25) is 0 Å². The van der Waals surface area contributed by atoms with Crippen LogP contribution in [0.5, 0.6) is 0 Å². The summed E-state index contributed by atoms with van der Waals surface area (Å²) in [6, 6.07) is 0. The summed E-state index contributed by atoms with van der Waals surface area (Å²) >= 11 is 0. The van der Waals surface area contributed by atoms with Gasteiger partial charge in [-0.1, -0.05) is 19.8 Å². The van der Waals surface area contributed by atoms with Gasteiger partial charge in [0.05, 0.1) is 6.61 Å². The molecule has 1 rings (SSSR count). The lowest BCUT2D eigenvalue weighted by atomic mass is 9.95. The van der Waals surface area contributed by atoms with Gasteiger partial charge in [-0.25, -0.2) is 0 Å². The Balaban J connectivity index is 1.96. The fourth-order valence-electron chi connectivity index (χ4n) is 2.10. The Kier molecular flexibility index (Phi) is 7.23. The highest BCUT2D eigenvalue weighted by atomic mass is 16.5. The molecule has 3 heteroatoms. The van der Waals surface area contributed by atoms with E-state index < -0.39 is 0 Å². The standard InChI is InChI=1S/C13H25NO2/c1-2-3-4-10-16-13(15)8-7-12-6-5-9-14-11-12/h12,14H,2-11H2,1H3. The van der Waals surface area contributed by atoms with Gasteiger partial charge in [-0.05, 0) is 44.7 Å². The van der Waals surface area contributed by atoms with E-state index in [0.29, 0.717) is 18.9 Å². The smallest absolute Gasteiger partial charge is 0.305 e. The maximum atomic E-state index is 11.4. The van der Waals surface area contributed by atoms with E-state index in [4.69, 9.17) is 4.74 Å². The molecule has 1 unspecified atom stereocenters. The molecule has 0 amide bonds. The van der Waals surface area contributed by atoms with Crippen LogP contribution in [-0.4, -0.2) is 25.7 Å². The first kappa shape index (κ1) is 13.5. The van der Waals surface area contributed by atoms with E-state index in [2.05, 4.69) is 12.2 Å². The van der Waals surface area contributed by atoms with Crippen molar-refractivity contribution in [2.24, 2.45) is 5.92 Å². The van der Waals surface area contributed by atoms with Crippen LogP contribution in [0.3, 0.4) is 0 Å². The third kappa shape index (κ3) is 6.11. The van der Waals surface area contributed by atoms with Gasteiger partial charge in [0.1, 0.15) is 0 Å². The van der Waals surface area contributed by atoms with Gasteiger partial charge < -0.3 is 10.1 Å². The van der Waals surface area contributed by atoms with E-state index in [1.165, 1.54) is 19.3 Å². The Morgan fingerprint density at radius 3 is 3.00 bits per heavy atom. The Morgan fingerprint density at radius 1 is 1.44 bits per heavy atom. The highest BCUT2D eigenvalue weighted by Gasteiger charge is 2.14. The number of ether oxygens (including phenoxy) is 1. The van der Waals surface area contributed by atoms with E-state index in [-0.39, 0.29) is 5.97 Å². The minimum absolute atomic E-state index is 0.0123. The number of carbonyl (C=O) groups is 1. The number of hydrogen-bond acceptors (Lipinski definition) is 3. The van der Waals surface area contributed by atoms with Gasteiger partial charge >= 0.3 is 5.97 Å². The summed E-state index contributed by atoms with van der Waals surface area (Å²) in [6.45, 7) is 4.97. The predicted molar refractivity (Wildman–Crippen MR) is 65.3 cm³/mol. The molecule has 94 valence electrons. The van der Waals surface area contributed by atoms with Crippen LogP contribution in [0, 0.1) is 5.92 Å². The summed E-state index contributed by atoms with van der Waals surface area (Å²) in [6.07, 6.45) is 7.42. The van der Waals surface area contributed by atoms with Crippen LogP contribution >= 0.6 is 0 Å². The molecule has 1 aliphatic heterocycles. The monoisotopic (exact) mass is 227 g/mol. The van der Waals surface area contributed by atoms with Crippen LogP contribution in [0.15, 0.2) is 0 Å². The Labute approximate surface area is 98.9 Å². The Hall–Kier alpha value is -0.570. The minimum atomic E-state index is -0.0123. The first-order valence-electron chi connectivity index (χ1n) is 6.69. The third-order valence-electron chi connectivity index (χ3n) is 3.17. The molecule has 1 aliphatic rings. The molecule has 1 fully saturated rings. The van der Waals surface area contributed by atoms with Crippen LogP contribution in [0.25, 0.3) is 0 Å². The summed E-state index contributed by atoms with van der Waals surface area (Å²) in [5.41, 5.74) is 0. The van der Waals surface area contributed by atoms with E-state index in [1.807, 2.05) is 0 Å². The molecule has 0 aromatic carbocycles. The molecule has 0 aromatic rings. The molecule has 3 nitrogen and oxygen atoms in total. The lowest BCUT2D eigenvalue weighted by Crippen LogP contribution is -2.30. The maximum Gasteiger partial charge on any atom is 0.305 e. The van der Waals surface area contributed by atoms with Crippen molar-refractivity contribution in [3.63, 3.8) is 0 Å². The average molecular weight is 227 g/mol. The Bertz CT molecular complexity index is 188. The molecule has 0 spiro atoms. The first-order chi connectivity index (χ1) is 7.83. The maximum absolute atomic E-state index is 11.4. The number of unbranched alkanes of at least 4 members (excludes halogenated alkanes) is 2. The number of hydrogen-bond donors (Lipinski definition) is 1. The Morgan fingerprint density at radius 2 is 2.31 bits per heavy atom. The molecule has 0 saturated carbocycles.